The molecular formula is C22H36N4OS. The fourth-order valence-corrected chi connectivity index (χ4v) is 3.20. The minimum absolute atomic E-state index is 0.0616. The van der Waals surface area contributed by atoms with Gasteiger partial charge in [0.25, 0.3) is 0 Å². The van der Waals surface area contributed by atoms with Gasteiger partial charge in [-0.1, -0.05) is 39.8 Å². The summed E-state index contributed by atoms with van der Waals surface area (Å²) in [4.78, 5) is 4.56. The summed E-state index contributed by atoms with van der Waals surface area (Å²) in [5.41, 5.74) is 13.0. The largest absolute Gasteiger partial charge is 0.496 e. The molecule has 0 saturated heterocycles. The van der Waals surface area contributed by atoms with Crippen molar-refractivity contribution in [3.05, 3.63) is 51.5 Å². The number of nitrogens with two attached hydrogens (primary N) is 2. The van der Waals surface area contributed by atoms with E-state index in [0.717, 1.165) is 34.9 Å². The normalized spacial score (nSPS) is 10.6. The molecule has 6 heteroatoms. The lowest BCUT2D eigenvalue weighted by atomic mass is 9.84. The number of allylic oxidation sites excluding steroid dienone is 1. The molecule has 0 aliphatic rings. The second-order valence-electron chi connectivity index (χ2n) is 6.68. The first-order valence-electron chi connectivity index (χ1n) is 9.48. The van der Waals surface area contributed by atoms with Crippen LogP contribution in [-0.2, 0) is 6.42 Å². The summed E-state index contributed by atoms with van der Waals surface area (Å²) in [6.07, 6.45) is 6.07. The minimum Gasteiger partial charge on any atom is -0.496 e. The molecular weight excluding hydrogens is 368 g/mol. The third kappa shape index (κ3) is 8.67. The summed E-state index contributed by atoms with van der Waals surface area (Å²) in [7, 11) is 3.15. The highest BCUT2D eigenvalue weighted by Crippen LogP contribution is 2.28. The number of hydrogen-bond donors (Lipinski definition) is 3. The molecule has 0 saturated carbocycles. The number of nitrogens with one attached hydrogen (secondary N) is 1. The molecule has 0 bridgehead atoms. The summed E-state index contributed by atoms with van der Waals surface area (Å²) < 4.78 is 5.39. The van der Waals surface area contributed by atoms with Crippen LogP contribution < -0.4 is 16.2 Å². The number of nitrogen functional groups attached to an aromatic ring is 1. The lowest BCUT2D eigenvalue weighted by Gasteiger charge is -2.21. The van der Waals surface area contributed by atoms with Crippen molar-refractivity contribution in [3.8, 4) is 5.75 Å². The molecule has 2 rings (SSSR count). The minimum atomic E-state index is 0.0616. The lowest BCUT2D eigenvalue weighted by Crippen LogP contribution is -2.14. The van der Waals surface area contributed by atoms with E-state index in [1.54, 1.807) is 24.5 Å². The molecule has 1 aromatic carbocycles. The summed E-state index contributed by atoms with van der Waals surface area (Å²) in [6, 6.07) is 5.53. The van der Waals surface area contributed by atoms with Crippen LogP contribution in [0.5, 0.6) is 5.75 Å². The van der Waals surface area contributed by atoms with E-state index in [-0.39, 0.29) is 11.3 Å². The van der Waals surface area contributed by atoms with Crippen LogP contribution in [-0.4, -0.2) is 25.0 Å². The van der Waals surface area contributed by atoms with Gasteiger partial charge in [-0.15, -0.1) is 11.3 Å². The Hall–Kier alpha value is -2.18. The van der Waals surface area contributed by atoms with Crippen molar-refractivity contribution in [2.45, 2.75) is 47.5 Å². The Morgan fingerprint density at radius 3 is 2.43 bits per heavy atom. The maximum absolute atomic E-state index is 7.57. The Balaban J connectivity index is 0.00000171. The number of rotatable bonds is 7. The quantitative estimate of drug-likeness (QED) is 0.446. The van der Waals surface area contributed by atoms with Crippen LogP contribution in [0, 0.1) is 17.7 Å². The number of nitrogens with zero attached hydrogens (tertiary/aromatic N) is 1. The standard InChI is InChI=1S/C19H25N3OS.C2H6.CH5N/c1-13-22-16(12-24-13)11-19(2,3)9-5-6-14-10-15(18(20)21)7-8-17(14)23-4;2*1-2/h5-8,10,12H,9,11H2,1-4H3,(H3,20,21);1-2H3;2H2,1H3/b6-5+;;. The summed E-state index contributed by atoms with van der Waals surface area (Å²) in [5, 5.41) is 10.8. The van der Waals surface area contributed by atoms with Crippen LogP contribution in [0.2, 0.25) is 0 Å². The van der Waals surface area contributed by atoms with E-state index in [0.29, 0.717) is 5.56 Å². The maximum Gasteiger partial charge on any atom is 0.126 e. The zero-order chi connectivity index (χ0) is 21.7. The Bertz CT molecular complexity index is 751. The van der Waals surface area contributed by atoms with Gasteiger partial charge >= 0.3 is 0 Å². The molecule has 156 valence electrons. The van der Waals surface area contributed by atoms with Crippen molar-refractivity contribution < 1.29 is 4.74 Å². The van der Waals surface area contributed by atoms with Gasteiger partial charge in [0.05, 0.1) is 17.8 Å². The van der Waals surface area contributed by atoms with Gasteiger partial charge in [0.2, 0.25) is 0 Å². The van der Waals surface area contributed by atoms with Gasteiger partial charge in [-0.05, 0) is 50.4 Å². The molecule has 0 radical (unpaired) electrons. The second kappa shape index (κ2) is 13.1. The summed E-state index contributed by atoms with van der Waals surface area (Å²) in [6.45, 7) is 10.5. The number of aromatic nitrogens is 1. The Kier molecular flexibility index (Phi) is 12.1. The molecule has 0 spiro atoms. The number of thiazole rings is 1. The molecule has 0 atom stereocenters. The van der Waals surface area contributed by atoms with E-state index in [4.69, 9.17) is 15.9 Å². The topological polar surface area (TPSA) is 98.0 Å². The average molecular weight is 405 g/mol. The van der Waals surface area contributed by atoms with E-state index in [1.807, 2.05) is 39.0 Å². The predicted molar refractivity (Wildman–Crippen MR) is 123 cm³/mol. The number of benzene rings is 1. The molecule has 5 N–H and O–H groups in total. The average Bonchev–Trinajstić information content (AvgIpc) is 3.08. The zero-order valence-electron chi connectivity index (χ0n) is 18.3. The molecule has 0 unspecified atom stereocenters. The van der Waals surface area contributed by atoms with Gasteiger partial charge in [-0.25, -0.2) is 4.98 Å². The molecule has 0 fully saturated rings. The van der Waals surface area contributed by atoms with Crippen molar-refractivity contribution in [2.24, 2.45) is 16.9 Å². The van der Waals surface area contributed by atoms with E-state index >= 15 is 0 Å². The molecule has 28 heavy (non-hydrogen) atoms. The second-order valence-corrected chi connectivity index (χ2v) is 7.74. The summed E-state index contributed by atoms with van der Waals surface area (Å²) >= 11 is 1.70. The van der Waals surface area contributed by atoms with Crippen LogP contribution in [0.25, 0.3) is 6.08 Å². The van der Waals surface area contributed by atoms with Crippen LogP contribution >= 0.6 is 11.3 Å². The Morgan fingerprint density at radius 1 is 1.29 bits per heavy atom. The third-order valence-corrected chi connectivity index (χ3v) is 4.66. The number of amidine groups is 1. The van der Waals surface area contributed by atoms with E-state index < -0.39 is 0 Å². The number of hydrogen-bond acceptors (Lipinski definition) is 5. The van der Waals surface area contributed by atoms with E-state index in [1.165, 1.54) is 7.05 Å². The third-order valence-electron chi connectivity index (χ3n) is 3.83. The molecule has 2 aromatic rings. The lowest BCUT2D eigenvalue weighted by molar-refractivity contribution is 0.366. The van der Waals surface area contributed by atoms with Crippen molar-refractivity contribution in [3.63, 3.8) is 0 Å². The molecule has 1 aromatic heterocycles. The smallest absolute Gasteiger partial charge is 0.126 e. The highest BCUT2D eigenvalue weighted by molar-refractivity contribution is 7.09. The number of ether oxygens (including phenoxy) is 1. The first-order chi connectivity index (χ1) is 13.3. The molecule has 0 aliphatic carbocycles. The van der Waals surface area contributed by atoms with Crippen molar-refractivity contribution >= 4 is 23.2 Å². The van der Waals surface area contributed by atoms with Crippen molar-refractivity contribution in [2.75, 3.05) is 14.2 Å². The van der Waals surface area contributed by atoms with Crippen LogP contribution in [0.15, 0.2) is 29.7 Å². The number of aryl methyl sites for hydroxylation is 1. The predicted octanol–water partition coefficient (Wildman–Crippen LogP) is 5.02. The first kappa shape index (κ1) is 25.8. The molecule has 5 nitrogen and oxygen atoms in total. The highest BCUT2D eigenvalue weighted by atomic mass is 32.1. The molecule has 0 aliphatic heterocycles. The monoisotopic (exact) mass is 404 g/mol. The van der Waals surface area contributed by atoms with E-state index in [2.05, 4.69) is 36.0 Å². The van der Waals surface area contributed by atoms with Crippen LogP contribution in [0.3, 0.4) is 0 Å². The zero-order valence-corrected chi connectivity index (χ0v) is 19.1. The number of methoxy groups -OCH3 is 1. The summed E-state index contributed by atoms with van der Waals surface area (Å²) in [5.74, 6) is 0.843. The van der Waals surface area contributed by atoms with E-state index in [9.17, 15) is 0 Å². The van der Waals surface area contributed by atoms with Crippen LogP contribution in [0.1, 0.15) is 55.9 Å². The van der Waals surface area contributed by atoms with Gasteiger partial charge in [-0.2, -0.15) is 0 Å². The van der Waals surface area contributed by atoms with Crippen molar-refractivity contribution in [1.82, 2.24) is 4.98 Å². The van der Waals surface area contributed by atoms with Gasteiger partial charge < -0.3 is 16.2 Å². The Labute approximate surface area is 174 Å². The maximum atomic E-state index is 7.57. The highest BCUT2D eigenvalue weighted by Gasteiger charge is 2.18. The Morgan fingerprint density at radius 2 is 1.93 bits per heavy atom. The fourth-order valence-electron chi connectivity index (χ4n) is 2.59. The fraction of sp³-hybridized carbons (Fsp3) is 0.455. The molecule has 0 amide bonds. The van der Waals surface area contributed by atoms with Crippen molar-refractivity contribution in [1.29, 1.82) is 5.41 Å². The van der Waals surface area contributed by atoms with Crippen LogP contribution in [0.4, 0.5) is 0 Å². The molecule has 1 heterocycles. The first-order valence-corrected chi connectivity index (χ1v) is 10.4. The van der Waals surface area contributed by atoms with Gasteiger partial charge in [0.1, 0.15) is 11.6 Å². The van der Waals surface area contributed by atoms with Gasteiger partial charge in [0, 0.05) is 16.5 Å². The van der Waals surface area contributed by atoms with Gasteiger partial charge in [0.15, 0.2) is 0 Å². The SMILES string of the molecule is CC.CN.COc1ccc(C(=N)N)cc1/C=C/CC(C)(C)Cc1csc(C)n1. The van der Waals surface area contributed by atoms with Gasteiger partial charge in [-0.3, -0.25) is 5.41 Å².